The Hall–Kier alpha value is -4.16. The van der Waals surface area contributed by atoms with Crippen LogP contribution in [0.4, 0.5) is 5.69 Å². The van der Waals surface area contributed by atoms with E-state index >= 15 is 0 Å². The van der Waals surface area contributed by atoms with Crippen LogP contribution < -0.4 is 4.90 Å². The molecule has 3 heteroatoms. The topological polar surface area (TPSA) is 37.4 Å². The molecule has 2 amide bonds. The number of imide groups is 1. The van der Waals surface area contributed by atoms with Crippen LogP contribution in [-0.4, -0.2) is 11.8 Å². The summed E-state index contributed by atoms with van der Waals surface area (Å²) in [5, 5.41) is 1.49. The maximum atomic E-state index is 13.2. The van der Waals surface area contributed by atoms with Crippen LogP contribution in [-0.2, 0) is 0 Å². The van der Waals surface area contributed by atoms with Gasteiger partial charge in [-0.25, -0.2) is 4.90 Å². The van der Waals surface area contributed by atoms with Gasteiger partial charge in [0.15, 0.2) is 0 Å². The normalized spacial score (nSPS) is 12.6. The third-order valence-electron chi connectivity index (χ3n) is 5.04. The zero-order valence-electron chi connectivity index (χ0n) is 15.4. The fourth-order valence-electron chi connectivity index (χ4n) is 3.68. The molecule has 136 valence electrons. The van der Waals surface area contributed by atoms with Gasteiger partial charge in [-0.3, -0.25) is 9.59 Å². The van der Waals surface area contributed by atoms with Crippen LogP contribution in [0.2, 0.25) is 0 Å². The van der Waals surface area contributed by atoms with Crippen molar-refractivity contribution in [1.29, 1.82) is 0 Å². The summed E-state index contributed by atoms with van der Waals surface area (Å²) < 4.78 is 0. The number of carbonyl (C=O) groups is 2. The molecule has 0 atom stereocenters. The SMILES string of the molecule is O=C1c2cccc3c(C#Cc4ccccc4)ccc(c23)C(=O)N1c1ccccc1. The average molecular weight is 373 g/mol. The highest BCUT2D eigenvalue weighted by molar-refractivity contribution is 6.36. The number of amides is 2. The first kappa shape index (κ1) is 17.0. The van der Waals surface area contributed by atoms with Crippen molar-refractivity contribution in [2.45, 2.75) is 0 Å². The summed E-state index contributed by atoms with van der Waals surface area (Å²) in [6.07, 6.45) is 0. The zero-order chi connectivity index (χ0) is 19.8. The summed E-state index contributed by atoms with van der Waals surface area (Å²) in [5.74, 6) is 5.72. The Morgan fingerprint density at radius 3 is 1.97 bits per heavy atom. The quantitative estimate of drug-likeness (QED) is 0.346. The first-order valence-corrected chi connectivity index (χ1v) is 9.31. The lowest BCUT2D eigenvalue weighted by Gasteiger charge is -2.27. The summed E-state index contributed by atoms with van der Waals surface area (Å²) in [5.41, 5.74) is 3.31. The maximum absolute atomic E-state index is 13.2. The Balaban J connectivity index is 1.68. The second kappa shape index (κ2) is 6.78. The Kier molecular flexibility index (Phi) is 3.97. The average Bonchev–Trinajstić information content (AvgIpc) is 2.78. The second-order valence-corrected chi connectivity index (χ2v) is 6.79. The van der Waals surface area contributed by atoms with Crippen molar-refractivity contribution in [3.63, 3.8) is 0 Å². The number of carbonyl (C=O) groups excluding carboxylic acids is 2. The molecule has 0 bridgehead atoms. The summed E-state index contributed by atoms with van der Waals surface area (Å²) >= 11 is 0. The Morgan fingerprint density at radius 1 is 0.586 bits per heavy atom. The number of anilines is 1. The Labute approximate surface area is 168 Å². The predicted molar refractivity (Wildman–Crippen MR) is 114 cm³/mol. The summed E-state index contributed by atoms with van der Waals surface area (Å²) in [4.78, 5) is 27.6. The van der Waals surface area contributed by atoms with Gasteiger partial charge < -0.3 is 0 Å². The lowest BCUT2D eigenvalue weighted by molar-refractivity contribution is 0.0893. The molecular weight excluding hydrogens is 358 g/mol. The lowest BCUT2D eigenvalue weighted by atomic mass is 9.91. The molecule has 0 aromatic heterocycles. The zero-order valence-corrected chi connectivity index (χ0v) is 15.4. The van der Waals surface area contributed by atoms with Gasteiger partial charge >= 0.3 is 0 Å². The van der Waals surface area contributed by atoms with Crippen LogP contribution in [0.15, 0.2) is 91.0 Å². The molecule has 0 spiro atoms. The molecule has 1 aliphatic rings. The van der Waals surface area contributed by atoms with Crippen LogP contribution in [0, 0.1) is 11.8 Å². The molecule has 5 rings (SSSR count). The van der Waals surface area contributed by atoms with E-state index in [1.165, 1.54) is 4.90 Å². The molecule has 29 heavy (non-hydrogen) atoms. The first-order chi connectivity index (χ1) is 14.2. The van der Waals surface area contributed by atoms with Crippen molar-refractivity contribution in [3.8, 4) is 11.8 Å². The molecule has 4 aromatic rings. The number of hydrogen-bond acceptors (Lipinski definition) is 2. The Morgan fingerprint density at radius 2 is 1.24 bits per heavy atom. The number of hydrogen-bond donors (Lipinski definition) is 0. The second-order valence-electron chi connectivity index (χ2n) is 6.79. The van der Waals surface area contributed by atoms with E-state index in [9.17, 15) is 9.59 Å². The fourth-order valence-corrected chi connectivity index (χ4v) is 3.68. The molecule has 0 fully saturated rings. The van der Waals surface area contributed by atoms with Gasteiger partial charge in [0.1, 0.15) is 0 Å². The first-order valence-electron chi connectivity index (χ1n) is 9.31. The molecule has 3 nitrogen and oxygen atoms in total. The molecule has 0 radical (unpaired) electrons. The number of nitrogens with zero attached hydrogens (tertiary/aromatic N) is 1. The monoisotopic (exact) mass is 373 g/mol. The van der Waals surface area contributed by atoms with Crippen LogP contribution in [0.5, 0.6) is 0 Å². The van der Waals surface area contributed by atoms with E-state index in [-0.39, 0.29) is 11.8 Å². The minimum Gasteiger partial charge on any atom is -0.268 e. The van der Waals surface area contributed by atoms with Crippen molar-refractivity contribution < 1.29 is 9.59 Å². The molecule has 0 unspecified atom stereocenters. The van der Waals surface area contributed by atoms with Gasteiger partial charge in [0.05, 0.1) is 5.69 Å². The molecular formula is C26H15NO2. The van der Waals surface area contributed by atoms with Crippen LogP contribution in [0.25, 0.3) is 10.8 Å². The van der Waals surface area contributed by atoms with E-state index in [1.54, 1.807) is 24.3 Å². The standard InChI is InChI=1S/C26H15NO2/c28-25-22-13-7-12-21-19(15-14-18-8-3-1-4-9-18)16-17-23(24(21)22)26(29)27(25)20-10-5-2-6-11-20/h1-13,16-17H. The van der Waals surface area contributed by atoms with Gasteiger partial charge in [-0.05, 0) is 47.9 Å². The molecule has 0 N–H and O–H groups in total. The molecule has 1 aliphatic heterocycles. The highest BCUT2D eigenvalue weighted by Gasteiger charge is 2.34. The predicted octanol–water partition coefficient (Wildman–Crippen LogP) is 5.04. The largest absolute Gasteiger partial charge is 0.268 e. The van der Waals surface area contributed by atoms with Gasteiger partial charge in [0, 0.05) is 27.6 Å². The maximum Gasteiger partial charge on any atom is 0.265 e. The fraction of sp³-hybridized carbons (Fsp3) is 0. The van der Waals surface area contributed by atoms with Crippen molar-refractivity contribution in [1.82, 2.24) is 0 Å². The summed E-state index contributed by atoms with van der Waals surface area (Å²) in [7, 11) is 0. The van der Waals surface area contributed by atoms with Crippen LogP contribution in [0.3, 0.4) is 0 Å². The smallest absolute Gasteiger partial charge is 0.265 e. The number of rotatable bonds is 1. The third kappa shape index (κ3) is 2.79. The van der Waals surface area contributed by atoms with E-state index in [0.717, 1.165) is 16.5 Å². The van der Waals surface area contributed by atoms with Crippen molar-refractivity contribution in [2.24, 2.45) is 0 Å². The van der Waals surface area contributed by atoms with E-state index in [0.29, 0.717) is 22.2 Å². The van der Waals surface area contributed by atoms with E-state index < -0.39 is 0 Å². The molecule has 1 heterocycles. The highest BCUT2D eigenvalue weighted by Crippen LogP contribution is 2.34. The Bertz CT molecular complexity index is 1310. The van der Waals surface area contributed by atoms with Gasteiger partial charge in [-0.1, -0.05) is 60.4 Å². The minimum absolute atomic E-state index is 0.313. The molecule has 0 saturated heterocycles. The minimum atomic E-state index is -0.313. The van der Waals surface area contributed by atoms with Crippen LogP contribution in [0.1, 0.15) is 31.8 Å². The van der Waals surface area contributed by atoms with Gasteiger partial charge in [-0.2, -0.15) is 0 Å². The van der Waals surface area contributed by atoms with E-state index in [1.807, 2.05) is 66.7 Å². The van der Waals surface area contributed by atoms with Crippen LogP contribution >= 0.6 is 0 Å². The number of para-hydroxylation sites is 1. The van der Waals surface area contributed by atoms with Gasteiger partial charge in [-0.15, -0.1) is 0 Å². The van der Waals surface area contributed by atoms with Crippen molar-refractivity contribution >= 4 is 28.3 Å². The summed E-state index contributed by atoms with van der Waals surface area (Å²) in [6, 6.07) is 27.9. The van der Waals surface area contributed by atoms with Gasteiger partial charge in [0.2, 0.25) is 0 Å². The molecule has 0 saturated carbocycles. The number of benzene rings is 4. The van der Waals surface area contributed by atoms with Gasteiger partial charge in [0.25, 0.3) is 11.8 Å². The van der Waals surface area contributed by atoms with E-state index in [4.69, 9.17) is 0 Å². The molecule has 0 aliphatic carbocycles. The van der Waals surface area contributed by atoms with Crippen molar-refractivity contribution in [3.05, 3.63) is 113 Å². The molecule has 4 aromatic carbocycles. The third-order valence-corrected chi connectivity index (χ3v) is 5.04. The van der Waals surface area contributed by atoms with E-state index in [2.05, 4.69) is 11.8 Å². The lowest BCUT2D eigenvalue weighted by Crippen LogP contribution is -2.40. The van der Waals surface area contributed by atoms with Crippen molar-refractivity contribution in [2.75, 3.05) is 4.90 Å². The highest BCUT2D eigenvalue weighted by atomic mass is 16.2. The summed E-state index contributed by atoms with van der Waals surface area (Å²) in [6.45, 7) is 0.